The molecular weight excluding hydrogens is 236 g/mol. The standard InChI is InChI=1S/C12H16N2O4/c1-14-11(17)7-18-10-4-2-3-9(12(10)14)13-5-8(16)6-15/h2-4,8,13,15-16H,5-7H2,1H3. The lowest BCUT2D eigenvalue weighted by Gasteiger charge is -2.28. The van der Waals surface area contributed by atoms with Gasteiger partial charge in [-0.05, 0) is 12.1 Å². The molecular formula is C12H16N2O4. The first-order chi connectivity index (χ1) is 8.63. The predicted molar refractivity (Wildman–Crippen MR) is 66.9 cm³/mol. The first-order valence-corrected chi connectivity index (χ1v) is 5.68. The van der Waals surface area contributed by atoms with E-state index in [0.717, 1.165) is 0 Å². The number of hydrogen-bond donors (Lipinski definition) is 3. The van der Waals surface area contributed by atoms with Gasteiger partial charge in [-0.1, -0.05) is 6.07 Å². The van der Waals surface area contributed by atoms with Crippen molar-refractivity contribution in [1.29, 1.82) is 0 Å². The molecule has 0 aromatic heterocycles. The molecule has 0 bridgehead atoms. The minimum atomic E-state index is -0.841. The number of fused-ring (bicyclic) bond motifs is 1. The number of carbonyl (C=O) groups excluding carboxylic acids is 1. The van der Waals surface area contributed by atoms with Crippen molar-refractivity contribution in [1.82, 2.24) is 0 Å². The van der Waals surface area contributed by atoms with Crippen molar-refractivity contribution in [3.05, 3.63) is 18.2 Å². The van der Waals surface area contributed by atoms with Crippen LogP contribution in [-0.2, 0) is 4.79 Å². The third-order valence-electron chi connectivity index (χ3n) is 2.80. The van der Waals surface area contributed by atoms with E-state index in [1.54, 1.807) is 25.2 Å². The Kier molecular flexibility index (Phi) is 3.69. The van der Waals surface area contributed by atoms with Crippen molar-refractivity contribution in [3.8, 4) is 5.75 Å². The molecule has 0 saturated carbocycles. The van der Waals surface area contributed by atoms with Gasteiger partial charge in [0.25, 0.3) is 5.91 Å². The Morgan fingerprint density at radius 2 is 2.33 bits per heavy atom. The topological polar surface area (TPSA) is 82.0 Å². The van der Waals surface area contributed by atoms with Crippen molar-refractivity contribution in [2.45, 2.75) is 6.10 Å². The van der Waals surface area contributed by atoms with Gasteiger partial charge < -0.3 is 25.2 Å². The molecule has 1 atom stereocenters. The molecule has 98 valence electrons. The molecule has 1 unspecified atom stereocenters. The summed E-state index contributed by atoms with van der Waals surface area (Å²) in [4.78, 5) is 13.1. The summed E-state index contributed by atoms with van der Waals surface area (Å²) in [5.74, 6) is 0.500. The van der Waals surface area contributed by atoms with E-state index in [9.17, 15) is 9.90 Å². The monoisotopic (exact) mass is 252 g/mol. The van der Waals surface area contributed by atoms with Crippen LogP contribution in [0.25, 0.3) is 0 Å². The second-order valence-corrected chi connectivity index (χ2v) is 4.11. The second-order valence-electron chi connectivity index (χ2n) is 4.11. The van der Waals surface area contributed by atoms with Crippen LogP contribution < -0.4 is 15.0 Å². The number of amides is 1. The Bertz CT molecular complexity index is 450. The van der Waals surface area contributed by atoms with Gasteiger partial charge in [0.05, 0.1) is 18.4 Å². The van der Waals surface area contributed by atoms with Crippen molar-refractivity contribution in [2.24, 2.45) is 0 Å². The van der Waals surface area contributed by atoms with Gasteiger partial charge in [-0.15, -0.1) is 0 Å². The van der Waals surface area contributed by atoms with E-state index in [2.05, 4.69) is 5.32 Å². The Morgan fingerprint density at radius 1 is 1.56 bits per heavy atom. The van der Waals surface area contributed by atoms with E-state index in [1.165, 1.54) is 4.90 Å². The molecule has 1 aromatic carbocycles. The van der Waals surface area contributed by atoms with Gasteiger partial charge >= 0.3 is 0 Å². The fourth-order valence-electron chi connectivity index (χ4n) is 1.78. The quantitative estimate of drug-likeness (QED) is 0.691. The van der Waals surface area contributed by atoms with Gasteiger partial charge in [0.2, 0.25) is 0 Å². The Hall–Kier alpha value is -1.79. The highest BCUT2D eigenvalue weighted by Gasteiger charge is 2.24. The summed E-state index contributed by atoms with van der Waals surface area (Å²) in [6, 6.07) is 5.38. The van der Waals surface area contributed by atoms with Crippen molar-refractivity contribution in [2.75, 3.05) is 37.0 Å². The summed E-state index contributed by atoms with van der Waals surface area (Å²) in [5.41, 5.74) is 1.34. The first-order valence-electron chi connectivity index (χ1n) is 5.68. The maximum Gasteiger partial charge on any atom is 0.264 e. The molecule has 2 rings (SSSR count). The molecule has 0 spiro atoms. The molecule has 6 nitrogen and oxygen atoms in total. The molecule has 0 aliphatic carbocycles. The molecule has 6 heteroatoms. The Labute approximate surface area is 105 Å². The van der Waals surface area contributed by atoms with E-state index in [4.69, 9.17) is 9.84 Å². The minimum absolute atomic E-state index is 0.0339. The summed E-state index contributed by atoms with van der Waals surface area (Å²) in [6.45, 7) is -0.0749. The normalized spacial score (nSPS) is 15.9. The Balaban J connectivity index is 2.23. The van der Waals surface area contributed by atoms with Crippen molar-refractivity contribution >= 4 is 17.3 Å². The number of rotatable bonds is 4. The zero-order chi connectivity index (χ0) is 13.1. The van der Waals surface area contributed by atoms with Crippen LogP contribution in [0.4, 0.5) is 11.4 Å². The van der Waals surface area contributed by atoms with Crippen LogP contribution in [0.5, 0.6) is 5.75 Å². The number of anilines is 2. The third-order valence-corrected chi connectivity index (χ3v) is 2.80. The largest absolute Gasteiger partial charge is 0.481 e. The number of carbonyl (C=O) groups is 1. The summed E-state index contributed by atoms with van der Waals surface area (Å²) >= 11 is 0. The van der Waals surface area contributed by atoms with E-state index in [0.29, 0.717) is 17.1 Å². The number of hydrogen-bond acceptors (Lipinski definition) is 5. The molecule has 1 amide bonds. The number of aliphatic hydroxyl groups excluding tert-OH is 2. The number of para-hydroxylation sites is 1. The van der Waals surface area contributed by atoms with Crippen LogP contribution in [0.1, 0.15) is 0 Å². The molecule has 1 heterocycles. The number of nitrogens with one attached hydrogen (secondary N) is 1. The lowest BCUT2D eigenvalue weighted by molar-refractivity contribution is -0.120. The fourth-order valence-corrected chi connectivity index (χ4v) is 1.78. The van der Waals surface area contributed by atoms with Crippen LogP contribution >= 0.6 is 0 Å². The molecule has 1 aliphatic heterocycles. The summed E-state index contributed by atoms with van der Waals surface area (Å²) in [7, 11) is 1.68. The van der Waals surface area contributed by atoms with Gasteiger partial charge in [0.1, 0.15) is 11.4 Å². The predicted octanol–water partition coefficient (Wildman–Crippen LogP) is -0.193. The maximum atomic E-state index is 11.6. The van der Waals surface area contributed by atoms with Crippen LogP contribution in [0, 0.1) is 0 Å². The highest BCUT2D eigenvalue weighted by molar-refractivity contribution is 6.01. The smallest absolute Gasteiger partial charge is 0.264 e. The van der Waals surface area contributed by atoms with Crippen LogP contribution in [-0.4, -0.2) is 49.0 Å². The third kappa shape index (κ3) is 2.39. The van der Waals surface area contributed by atoms with Gasteiger partial charge in [0.15, 0.2) is 6.61 Å². The average molecular weight is 252 g/mol. The summed E-state index contributed by atoms with van der Waals surface area (Å²) in [5, 5.41) is 21.1. The zero-order valence-electron chi connectivity index (χ0n) is 10.1. The van der Waals surface area contributed by atoms with Gasteiger partial charge in [-0.3, -0.25) is 4.79 Å². The zero-order valence-corrected chi connectivity index (χ0v) is 10.1. The summed E-state index contributed by atoms with van der Waals surface area (Å²) in [6.07, 6.45) is -0.841. The van der Waals surface area contributed by atoms with Crippen LogP contribution in [0.3, 0.4) is 0 Å². The van der Waals surface area contributed by atoms with Crippen molar-refractivity contribution < 1.29 is 19.7 Å². The number of benzene rings is 1. The summed E-state index contributed by atoms with van der Waals surface area (Å²) < 4.78 is 5.34. The molecule has 18 heavy (non-hydrogen) atoms. The molecule has 1 aromatic rings. The van der Waals surface area contributed by atoms with E-state index in [-0.39, 0.29) is 25.7 Å². The number of likely N-dealkylation sites (N-methyl/N-ethyl adjacent to an activating group) is 1. The molecule has 0 fully saturated rings. The fraction of sp³-hybridized carbons (Fsp3) is 0.417. The first kappa shape index (κ1) is 12.7. The van der Waals surface area contributed by atoms with Gasteiger partial charge in [-0.25, -0.2) is 0 Å². The second kappa shape index (κ2) is 5.24. The number of aliphatic hydroxyl groups is 2. The highest BCUT2D eigenvalue weighted by Crippen LogP contribution is 2.37. The average Bonchev–Trinajstić information content (AvgIpc) is 2.40. The molecule has 1 aliphatic rings. The number of ether oxygens (including phenoxy) is 1. The molecule has 0 saturated heterocycles. The SMILES string of the molecule is CN1C(=O)COc2cccc(NCC(O)CO)c21. The molecule has 3 N–H and O–H groups in total. The lowest BCUT2D eigenvalue weighted by Crippen LogP contribution is -2.36. The minimum Gasteiger partial charge on any atom is -0.481 e. The van der Waals surface area contributed by atoms with Crippen LogP contribution in [0.2, 0.25) is 0 Å². The van der Waals surface area contributed by atoms with Gasteiger partial charge in [-0.2, -0.15) is 0 Å². The number of nitrogens with zero attached hydrogens (tertiary/aromatic N) is 1. The Morgan fingerprint density at radius 3 is 3.06 bits per heavy atom. The maximum absolute atomic E-state index is 11.6. The van der Waals surface area contributed by atoms with E-state index in [1.807, 2.05) is 0 Å². The van der Waals surface area contributed by atoms with Gasteiger partial charge in [0, 0.05) is 13.6 Å². The van der Waals surface area contributed by atoms with E-state index >= 15 is 0 Å². The van der Waals surface area contributed by atoms with Crippen molar-refractivity contribution in [3.63, 3.8) is 0 Å². The highest BCUT2D eigenvalue weighted by atomic mass is 16.5. The van der Waals surface area contributed by atoms with E-state index < -0.39 is 6.10 Å². The lowest BCUT2D eigenvalue weighted by atomic mass is 10.2. The van der Waals surface area contributed by atoms with Crippen LogP contribution in [0.15, 0.2) is 18.2 Å². The molecule has 0 radical (unpaired) electrons.